The minimum absolute atomic E-state index is 0.123. The highest BCUT2D eigenvalue weighted by Crippen LogP contribution is 2.07. The Kier molecular flexibility index (Phi) is 5.72. The van der Waals surface area contributed by atoms with Gasteiger partial charge in [-0.3, -0.25) is 4.79 Å². The molecule has 0 spiro atoms. The van der Waals surface area contributed by atoms with Crippen molar-refractivity contribution < 1.29 is 9.53 Å². The Hall–Kier alpha value is -0.570. The molecule has 0 aromatic heterocycles. The summed E-state index contributed by atoms with van der Waals surface area (Å²) < 4.78 is 4.61. The van der Waals surface area contributed by atoms with Gasteiger partial charge in [0.05, 0.1) is 13.5 Å². The number of nitrogens with zero attached hydrogens (tertiary/aromatic N) is 1. The molecule has 0 fully saturated rings. The molecule has 3 heteroatoms. The van der Waals surface area contributed by atoms with Crippen LogP contribution in [-0.2, 0) is 9.53 Å². The summed E-state index contributed by atoms with van der Waals surface area (Å²) in [5.41, 5.74) is 0. The zero-order valence-corrected chi connectivity index (χ0v) is 8.46. The molecule has 72 valence electrons. The molecule has 0 aliphatic heterocycles. The number of carbonyl (C=O) groups is 1. The first-order chi connectivity index (χ1) is 5.61. The topological polar surface area (TPSA) is 29.5 Å². The van der Waals surface area contributed by atoms with E-state index in [0.717, 1.165) is 12.8 Å². The molecule has 0 aliphatic carbocycles. The fraction of sp³-hybridized carbons (Fsp3) is 0.889. The maximum atomic E-state index is 11.0. The van der Waals surface area contributed by atoms with Crippen molar-refractivity contribution >= 4 is 5.97 Å². The van der Waals surface area contributed by atoms with Crippen molar-refractivity contribution in [2.45, 2.75) is 32.2 Å². The molecular formula is C9H19NO2. The maximum Gasteiger partial charge on any atom is 0.307 e. The van der Waals surface area contributed by atoms with E-state index in [0.29, 0.717) is 12.5 Å². The zero-order chi connectivity index (χ0) is 9.56. The third-order valence-electron chi connectivity index (χ3n) is 1.98. The second-order valence-electron chi connectivity index (χ2n) is 3.19. The number of ether oxygens (including phenoxy) is 1. The monoisotopic (exact) mass is 173 g/mol. The van der Waals surface area contributed by atoms with Gasteiger partial charge in [-0.2, -0.15) is 0 Å². The number of hydrogen-bond donors (Lipinski definition) is 0. The molecule has 1 unspecified atom stereocenters. The third-order valence-corrected chi connectivity index (χ3v) is 1.98. The second kappa shape index (κ2) is 6.00. The van der Waals surface area contributed by atoms with E-state index in [-0.39, 0.29) is 5.97 Å². The molecule has 0 saturated heterocycles. The summed E-state index contributed by atoms with van der Waals surface area (Å²) in [4.78, 5) is 13.0. The molecule has 0 heterocycles. The van der Waals surface area contributed by atoms with Gasteiger partial charge in [0.1, 0.15) is 0 Å². The predicted molar refractivity (Wildman–Crippen MR) is 49.0 cm³/mol. The number of esters is 1. The Labute approximate surface area is 74.7 Å². The molecule has 0 aromatic carbocycles. The fourth-order valence-electron chi connectivity index (χ4n) is 1.15. The van der Waals surface area contributed by atoms with Gasteiger partial charge in [0.25, 0.3) is 0 Å². The van der Waals surface area contributed by atoms with Crippen LogP contribution in [0.1, 0.15) is 26.2 Å². The summed E-state index contributed by atoms with van der Waals surface area (Å²) in [6.07, 6.45) is 2.64. The molecule has 0 radical (unpaired) electrons. The van der Waals surface area contributed by atoms with E-state index in [1.165, 1.54) is 7.11 Å². The predicted octanol–water partition coefficient (Wildman–Crippen LogP) is 1.28. The minimum Gasteiger partial charge on any atom is -0.469 e. The van der Waals surface area contributed by atoms with Crippen molar-refractivity contribution in [2.75, 3.05) is 21.2 Å². The lowest BCUT2D eigenvalue weighted by molar-refractivity contribution is -0.141. The number of rotatable bonds is 5. The van der Waals surface area contributed by atoms with Crippen LogP contribution in [0.4, 0.5) is 0 Å². The normalized spacial score (nSPS) is 13.1. The van der Waals surface area contributed by atoms with Crippen molar-refractivity contribution in [3.63, 3.8) is 0 Å². The highest BCUT2D eigenvalue weighted by atomic mass is 16.5. The minimum atomic E-state index is -0.123. The Morgan fingerprint density at radius 2 is 2.08 bits per heavy atom. The summed E-state index contributed by atoms with van der Waals surface area (Å²) >= 11 is 0. The smallest absolute Gasteiger partial charge is 0.307 e. The quantitative estimate of drug-likeness (QED) is 0.586. The molecule has 0 saturated carbocycles. The Bertz CT molecular complexity index is 134. The van der Waals surface area contributed by atoms with Gasteiger partial charge in [-0.05, 0) is 20.5 Å². The summed E-state index contributed by atoms with van der Waals surface area (Å²) in [5.74, 6) is -0.123. The molecule has 12 heavy (non-hydrogen) atoms. The Morgan fingerprint density at radius 1 is 1.50 bits per heavy atom. The van der Waals surface area contributed by atoms with E-state index in [4.69, 9.17) is 0 Å². The molecule has 0 N–H and O–H groups in total. The molecule has 1 atom stereocenters. The van der Waals surface area contributed by atoms with Crippen LogP contribution in [0.25, 0.3) is 0 Å². The van der Waals surface area contributed by atoms with Crippen LogP contribution in [0.3, 0.4) is 0 Å². The van der Waals surface area contributed by atoms with Crippen molar-refractivity contribution in [1.29, 1.82) is 0 Å². The van der Waals surface area contributed by atoms with Crippen LogP contribution in [0.5, 0.6) is 0 Å². The molecule has 3 nitrogen and oxygen atoms in total. The van der Waals surface area contributed by atoms with Gasteiger partial charge in [-0.1, -0.05) is 13.3 Å². The van der Waals surface area contributed by atoms with Crippen LogP contribution >= 0.6 is 0 Å². The van der Waals surface area contributed by atoms with Crippen LogP contribution in [0.2, 0.25) is 0 Å². The van der Waals surface area contributed by atoms with E-state index in [1.807, 2.05) is 14.1 Å². The number of carbonyl (C=O) groups excluding carboxylic acids is 1. The first-order valence-electron chi connectivity index (χ1n) is 4.35. The lowest BCUT2D eigenvalue weighted by Crippen LogP contribution is -2.30. The van der Waals surface area contributed by atoms with E-state index >= 15 is 0 Å². The first-order valence-corrected chi connectivity index (χ1v) is 4.35. The maximum absolute atomic E-state index is 11.0. The molecule has 0 aliphatic rings. The van der Waals surface area contributed by atoms with Crippen molar-refractivity contribution in [2.24, 2.45) is 0 Å². The van der Waals surface area contributed by atoms with Crippen LogP contribution in [0, 0.1) is 0 Å². The van der Waals surface area contributed by atoms with E-state index in [9.17, 15) is 4.79 Å². The molecule has 0 amide bonds. The van der Waals surface area contributed by atoms with Gasteiger partial charge in [0.15, 0.2) is 0 Å². The largest absolute Gasteiger partial charge is 0.469 e. The summed E-state index contributed by atoms with van der Waals surface area (Å²) in [7, 11) is 5.41. The molecule has 0 aromatic rings. The third kappa shape index (κ3) is 4.34. The average molecular weight is 173 g/mol. The summed E-state index contributed by atoms with van der Waals surface area (Å²) in [5, 5.41) is 0. The van der Waals surface area contributed by atoms with E-state index in [1.54, 1.807) is 0 Å². The van der Waals surface area contributed by atoms with E-state index in [2.05, 4.69) is 16.6 Å². The first kappa shape index (κ1) is 11.4. The second-order valence-corrected chi connectivity index (χ2v) is 3.19. The van der Waals surface area contributed by atoms with Crippen molar-refractivity contribution in [1.82, 2.24) is 4.90 Å². The SMILES string of the molecule is CCCC(CC(=O)OC)N(C)C. The van der Waals surface area contributed by atoms with E-state index < -0.39 is 0 Å². The standard InChI is InChI=1S/C9H19NO2/c1-5-6-8(10(2)3)7-9(11)12-4/h8H,5-7H2,1-4H3. The van der Waals surface area contributed by atoms with Gasteiger partial charge >= 0.3 is 5.97 Å². The highest BCUT2D eigenvalue weighted by Gasteiger charge is 2.14. The Balaban J connectivity index is 3.86. The van der Waals surface area contributed by atoms with Crippen LogP contribution < -0.4 is 0 Å². The number of methoxy groups -OCH3 is 1. The van der Waals surface area contributed by atoms with Crippen molar-refractivity contribution in [3.8, 4) is 0 Å². The van der Waals surface area contributed by atoms with Gasteiger partial charge in [0, 0.05) is 6.04 Å². The summed E-state index contributed by atoms with van der Waals surface area (Å²) in [6.45, 7) is 2.12. The van der Waals surface area contributed by atoms with Crippen molar-refractivity contribution in [3.05, 3.63) is 0 Å². The fourth-order valence-corrected chi connectivity index (χ4v) is 1.15. The Morgan fingerprint density at radius 3 is 2.42 bits per heavy atom. The van der Waals surface area contributed by atoms with Crippen LogP contribution in [0.15, 0.2) is 0 Å². The van der Waals surface area contributed by atoms with Gasteiger partial charge < -0.3 is 9.64 Å². The summed E-state index contributed by atoms with van der Waals surface area (Å²) in [6, 6.07) is 0.322. The lowest BCUT2D eigenvalue weighted by atomic mass is 10.1. The highest BCUT2D eigenvalue weighted by molar-refractivity contribution is 5.69. The van der Waals surface area contributed by atoms with Crippen LogP contribution in [-0.4, -0.2) is 38.1 Å². The molecule has 0 bridgehead atoms. The average Bonchev–Trinajstić information content (AvgIpc) is 2.03. The molecular weight excluding hydrogens is 154 g/mol. The molecule has 0 rings (SSSR count). The van der Waals surface area contributed by atoms with Gasteiger partial charge in [0.2, 0.25) is 0 Å². The number of hydrogen-bond acceptors (Lipinski definition) is 3. The zero-order valence-electron chi connectivity index (χ0n) is 8.46. The van der Waals surface area contributed by atoms with Gasteiger partial charge in [-0.25, -0.2) is 0 Å². The van der Waals surface area contributed by atoms with Gasteiger partial charge in [-0.15, -0.1) is 0 Å². The lowest BCUT2D eigenvalue weighted by Gasteiger charge is -2.22.